The zero-order valence-corrected chi connectivity index (χ0v) is 17.7. The van der Waals surface area contributed by atoms with Gasteiger partial charge < -0.3 is 4.74 Å². The summed E-state index contributed by atoms with van der Waals surface area (Å²) in [7, 11) is 0. The minimum absolute atomic E-state index is 0.187. The second-order valence-electron chi connectivity index (χ2n) is 7.93. The minimum Gasteiger partial charge on any atom is -0.494 e. The largest absolute Gasteiger partial charge is 0.494 e. The third kappa shape index (κ3) is 4.89. The highest BCUT2D eigenvalue weighted by Gasteiger charge is 2.33. The fraction of sp³-hybridized carbons (Fsp3) is 0.308. The van der Waals surface area contributed by atoms with Crippen molar-refractivity contribution in [2.24, 2.45) is 0 Å². The van der Waals surface area contributed by atoms with E-state index in [2.05, 4.69) is 53.1 Å². The van der Waals surface area contributed by atoms with Crippen LogP contribution in [0.1, 0.15) is 35.3 Å². The van der Waals surface area contributed by atoms with E-state index < -0.39 is 0 Å². The predicted molar refractivity (Wildman–Crippen MR) is 119 cm³/mol. The molecule has 0 aromatic heterocycles. The molecule has 3 aromatic rings. The van der Waals surface area contributed by atoms with Gasteiger partial charge in [-0.3, -0.25) is 9.80 Å². The molecule has 0 saturated carbocycles. The molecule has 0 radical (unpaired) electrons. The standard InChI is InChI=1S/C26H29FN2O/c1-3-30-25-13-9-22(10-14-25)19-29-16-15-28(18-21-7-11-24(27)12-8-21)26(29)23-6-4-5-20(2)17-23/h4-14,17,26H,3,15-16,18-19H2,1-2H3. The quantitative estimate of drug-likeness (QED) is 0.513. The average Bonchev–Trinajstić information content (AvgIpc) is 3.13. The van der Waals surface area contributed by atoms with E-state index >= 15 is 0 Å². The fourth-order valence-electron chi connectivity index (χ4n) is 4.23. The van der Waals surface area contributed by atoms with Crippen molar-refractivity contribution >= 4 is 0 Å². The van der Waals surface area contributed by atoms with Gasteiger partial charge >= 0.3 is 0 Å². The Balaban J connectivity index is 1.56. The lowest BCUT2D eigenvalue weighted by molar-refractivity contribution is 0.125. The van der Waals surface area contributed by atoms with Gasteiger partial charge in [0.15, 0.2) is 0 Å². The van der Waals surface area contributed by atoms with Gasteiger partial charge in [0.05, 0.1) is 12.8 Å². The van der Waals surface area contributed by atoms with Gasteiger partial charge in [-0.15, -0.1) is 0 Å². The first-order valence-corrected chi connectivity index (χ1v) is 10.6. The van der Waals surface area contributed by atoms with Crippen molar-refractivity contribution in [2.45, 2.75) is 33.1 Å². The van der Waals surface area contributed by atoms with Gasteiger partial charge in [-0.25, -0.2) is 4.39 Å². The summed E-state index contributed by atoms with van der Waals surface area (Å²) >= 11 is 0. The van der Waals surface area contributed by atoms with E-state index in [0.717, 1.165) is 37.5 Å². The van der Waals surface area contributed by atoms with Crippen molar-refractivity contribution in [1.29, 1.82) is 0 Å². The highest BCUT2D eigenvalue weighted by molar-refractivity contribution is 5.29. The Hall–Kier alpha value is -2.69. The molecule has 0 spiro atoms. The number of nitrogens with zero attached hydrogens (tertiary/aromatic N) is 2. The second-order valence-corrected chi connectivity index (χ2v) is 7.93. The Morgan fingerprint density at radius 3 is 2.03 bits per heavy atom. The Kier molecular flexibility index (Phi) is 6.46. The van der Waals surface area contributed by atoms with E-state index in [9.17, 15) is 4.39 Å². The van der Waals surface area contributed by atoms with Crippen LogP contribution >= 0.6 is 0 Å². The van der Waals surface area contributed by atoms with E-state index in [0.29, 0.717) is 6.61 Å². The summed E-state index contributed by atoms with van der Waals surface area (Å²) in [5, 5.41) is 0. The molecule has 4 heteroatoms. The van der Waals surface area contributed by atoms with Crippen molar-refractivity contribution < 1.29 is 9.13 Å². The topological polar surface area (TPSA) is 15.7 Å². The Bertz CT molecular complexity index is 956. The summed E-state index contributed by atoms with van der Waals surface area (Å²) in [4.78, 5) is 5.00. The zero-order valence-electron chi connectivity index (χ0n) is 17.7. The number of hydrogen-bond donors (Lipinski definition) is 0. The third-order valence-corrected chi connectivity index (χ3v) is 5.63. The summed E-state index contributed by atoms with van der Waals surface area (Å²) in [6, 6.07) is 24.0. The van der Waals surface area contributed by atoms with Crippen molar-refractivity contribution in [3.8, 4) is 5.75 Å². The summed E-state index contributed by atoms with van der Waals surface area (Å²) in [5.41, 5.74) is 4.99. The molecule has 3 nitrogen and oxygen atoms in total. The first-order chi connectivity index (χ1) is 14.6. The molecule has 0 N–H and O–H groups in total. The summed E-state index contributed by atoms with van der Waals surface area (Å²) < 4.78 is 18.9. The molecule has 0 aliphatic carbocycles. The molecular formula is C26H29FN2O. The highest BCUT2D eigenvalue weighted by Crippen LogP contribution is 2.33. The van der Waals surface area contributed by atoms with Crippen LogP contribution in [-0.2, 0) is 13.1 Å². The van der Waals surface area contributed by atoms with Gasteiger partial charge in [-0.1, -0.05) is 54.1 Å². The molecule has 156 valence electrons. The van der Waals surface area contributed by atoms with E-state index in [1.807, 2.05) is 31.2 Å². The molecule has 0 bridgehead atoms. The van der Waals surface area contributed by atoms with Gasteiger partial charge in [-0.2, -0.15) is 0 Å². The van der Waals surface area contributed by atoms with E-state index in [1.165, 1.54) is 16.7 Å². The van der Waals surface area contributed by atoms with Crippen LogP contribution in [0.3, 0.4) is 0 Å². The first-order valence-electron chi connectivity index (χ1n) is 10.6. The van der Waals surface area contributed by atoms with Crippen LogP contribution in [0.15, 0.2) is 72.8 Å². The van der Waals surface area contributed by atoms with Crippen molar-refractivity contribution in [3.05, 3.63) is 101 Å². The van der Waals surface area contributed by atoms with Crippen LogP contribution in [0.25, 0.3) is 0 Å². The number of ether oxygens (including phenoxy) is 1. The maximum absolute atomic E-state index is 13.3. The Morgan fingerprint density at radius 2 is 1.47 bits per heavy atom. The molecule has 4 rings (SSSR count). The number of hydrogen-bond acceptors (Lipinski definition) is 3. The van der Waals surface area contributed by atoms with Crippen LogP contribution in [-0.4, -0.2) is 29.5 Å². The fourth-order valence-corrected chi connectivity index (χ4v) is 4.23. The van der Waals surface area contributed by atoms with Crippen LogP contribution in [0.2, 0.25) is 0 Å². The number of benzene rings is 3. The van der Waals surface area contributed by atoms with Gasteiger partial charge in [0, 0.05) is 26.2 Å². The minimum atomic E-state index is -0.187. The van der Waals surface area contributed by atoms with E-state index in [1.54, 1.807) is 12.1 Å². The van der Waals surface area contributed by atoms with Crippen molar-refractivity contribution in [2.75, 3.05) is 19.7 Å². The zero-order chi connectivity index (χ0) is 20.9. The summed E-state index contributed by atoms with van der Waals surface area (Å²) in [6.07, 6.45) is 0.196. The van der Waals surface area contributed by atoms with E-state index in [4.69, 9.17) is 4.74 Å². The lowest BCUT2D eigenvalue weighted by atomic mass is 10.1. The van der Waals surface area contributed by atoms with Gasteiger partial charge in [0.2, 0.25) is 0 Å². The lowest BCUT2D eigenvalue weighted by Crippen LogP contribution is -2.30. The lowest BCUT2D eigenvalue weighted by Gasteiger charge is -2.31. The Morgan fingerprint density at radius 1 is 0.867 bits per heavy atom. The van der Waals surface area contributed by atoms with Gasteiger partial charge in [0.1, 0.15) is 11.6 Å². The van der Waals surface area contributed by atoms with Crippen molar-refractivity contribution in [1.82, 2.24) is 9.80 Å². The maximum Gasteiger partial charge on any atom is 0.123 e. The van der Waals surface area contributed by atoms with Crippen LogP contribution < -0.4 is 4.74 Å². The van der Waals surface area contributed by atoms with E-state index in [-0.39, 0.29) is 12.0 Å². The Labute approximate surface area is 178 Å². The molecule has 1 fully saturated rings. The summed E-state index contributed by atoms with van der Waals surface area (Å²) in [5.74, 6) is 0.725. The SMILES string of the molecule is CCOc1ccc(CN2CCN(Cc3ccc(F)cc3)C2c2cccc(C)c2)cc1. The van der Waals surface area contributed by atoms with Crippen molar-refractivity contribution in [3.63, 3.8) is 0 Å². The molecule has 1 atom stereocenters. The molecule has 1 unspecified atom stereocenters. The highest BCUT2D eigenvalue weighted by atomic mass is 19.1. The molecular weight excluding hydrogens is 375 g/mol. The molecule has 3 aromatic carbocycles. The molecule has 1 aliphatic heterocycles. The molecule has 30 heavy (non-hydrogen) atoms. The third-order valence-electron chi connectivity index (χ3n) is 5.63. The smallest absolute Gasteiger partial charge is 0.123 e. The molecule has 1 heterocycles. The second kappa shape index (κ2) is 9.41. The predicted octanol–water partition coefficient (Wildman–Crippen LogP) is 5.55. The maximum atomic E-state index is 13.3. The molecule has 1 saturated heterocycles. The monoisotopic (exact) mass is 404 g/mol. The molecule has 0 amide bonds. The number of halogens is 1. The first kappa shape index (κ1) is 20.6. The van der Waals surface area contributed by atoms with Gasteiger partial charge in [0.25, 0.3) is 0 Å². The van der Waals surface area contributed by atoms with Crippen LogP contribution in [0, 0.1) is 12.7 Å². The number of aryl methyl sites for hydroxylation is 1. The van der Waals surface area contributed by atoms with Crippen LogP contribution in [0.5, 0.6) is 5.75 Å². The molecule has 1 aliphatic rings. The number of rotatable bonds is 7. The van der Waals surface area contributed by atoms with Gasteiger partial charge in [-0.05, 0) is 54.8 Å². The normalized spacial score (nSPS) is 17.4. The summed E-state index contributed by atoms with van der Waals surface area (Å²) in [6.45, 7) is 8.47. The average molecular weight is 405 g/mol. The van der Waals surface area contributed by atoms with Crippen LogP contribution in [0.4, 0.5) is 4.39 Å².